The lowest BCUT2D eigenvalue weighted by Gasteiger charge is -2.21. The van der Waals surface area contributed by atoms with Crippen LogP contribution in [0.1, 0.15) is 37.3 Å². The number of ether oxygens (including phenoxy) is 2. The molecule has 4 nitrogen and oxygen atoms in total. The van der Waals surface area contributed by atoms with Gasteiger partial charge in [-0.3, -0.25) is 4.90 Å². The lowest BCUT2D eigenvalue weighted by molar-refractivity contribution is -0.0172. The quantitative estimate of drug-likeness (QED) is 0.903. The summed E-state index contributed by atoms with van der Waals surface area (Å²) in [5.41, 5.74) is 1.77. The number of rotatable bonds is 5. The van der Waals surface area contributed by atoms with Crippen molar-refractivity contribution in [3.8, 4) is 5.75 Å². The zero-order chi connectivity index (χ0) is 15.8. The molecule has 0 spiro atoms. The van der Waals surface area contributed by atoms with Crippen LogP contribution < -0.4 is 10.1 Å². The smallest absolute Gasteiger partial charge is 0.189 e. The molecule has 0 unspecified atom stereocenters. The molecule has 0 bridgehead atoms. The van der Waals surface area contributed by atoms with Gasteiger partial charge in [0.05, 0.1) is 6.61 Å². The highest BCUT2D eigenvalue weighted by molar-refractivity contribution is 5.42. The van der Waals surface area contributed by atoms with E-state index in [4.69, 9.17) is 9.47 Å². The molecule has 4 rings (SSSR count). The number of halogens is 1. The first-order valence-corrected chi connectivity index (χ1v) is 8.71. The average molecular weight is 320 g/mol. The first-order valence-electron chi connectivity index (χ1n) is 8.71. The van der Waals surface area contributed by atoms with Crippen LogP contribution in [0.5, 0.6) is 5.75 Å². The Bertz CT molecular complexity index is 576. The largest absolute Gasteiger partial charge is 0.467 e. The van der Waals surface area contributed by atoms with Crippen molar-refractivity contribution in [2.75, 3.05) is 19.9 Å². The van der Waals surface area contributed by atoms with Gasteiger partial charge in [0, 0.05) is 30.2 Å². The minimum atomic E-state index is -0.206. The number of benzene rings is 1. The first kappa shape index (κ1) is 15.4. The van der Waals surface area contributed by atoms with Gasteiger partial charge in [-0.25, -0.2) is 4.39 Å². The predicted molar refractivity (Wildman–Crippen MR) is 86.0 cm³/mol. The fraction of sp³-hybridized carbons (Fsp3) is 0.667. The summed E-state index contributed by atoms with van der Waals surface area (Å²) in [7, 11) is 0. The van der Waals surface area contributed by atoms with E-state index >= 15 is 0 Å². The minimum Gasteiger partial charge on any atom is -0.467 e. The Hall–Kier alpha value is -1.17. The predicted octanol–water partition coefficient (Wildman–Crippen LogP) is 2.45. The van der Waals surface area contributed by atoms with Gasteiger partial charge in [0.2, 0.25) is 0 Å². The van der Waals surface area contributed by atoms with E-state index in [0.717, 1.165) is 42.4 Å². The van der Waals surface area contributed by atoms with Crippen LogP contribution in [0.2, 0.25) is 0 Å². The fourth-order valence-corrected chi connectivity index (χ4v) is 3.97. The molecule has 23 heavy (non-hydrogen) atoms. The Morgan fingerprint density at radius 2 is 2.22 bits per heavy atom. The number of nitrogens with zero attached hydrogens (tertiary/aromatic N) is 1. The van der Waals surface area contributed by atoms with Crippen molar-refractivity contribution < 1.29 is 13.9 Å². The van der Waals surface area contributed by atoms with Gasteiger partial charge < -0.3 is 14.8 Å². The molecule has 3 aliphatic rings. The van der Waals surface area contributed by atoms with E-state index in [1.165, 1.54) is 25.3 Å². The van der Waals surface area contributed by atoms with Gasteiger partial charge in [0.1, 0.15) is 11.6 Å². The summed E-state index contributed by atoms with van der Waals surface area (Å²) >= 11 is 0. The highest BCUT2D eigenvalue weighted by Gasteiger charge is 2.38. The van der Waals surface area contributed by atoms with Crippen LogP contribution in [0.15, 0.2) is 12.1 Å². The van der Waals surface area contributed by atoms with Crippen LogP contribution in [0, 0.1) is 5.82 Å². The summed E-state index contributed by atoms with van der Waals surface area (Å²) in [5, 5.41) is 3.65. The third-order valence-corrected chi connectivity index (χ3v) is 5.22. The van der Waals surface area contributed by atoms with Crippen molar-refractivity contribution in [3.63, 3.8) is 0 Å². The fourth-order valence-electron chi connectivity index (χ4n) is 3.97. The normalized spacial score (nSPS) is 27.7. The standard InChI is InChI=1S/C18H25FN2O2/c1-12-6-16(9-21(12)17-2-3-17)20-5-4-13-7-15(19)8-14-10-22-11-23-18(13)14/h7-8,12,16-17,20H,2-6,9-11H2,1H3/t12-,16+/m0/s1. The molecule has 5 heteroatoms. The zero-order valence-electron chi connectivity index (χ0n) is 13.7. The van der Waals surface area contributed by atoms with E-state index in [2.05, 4.69) is 17.1 Å². The second-order valence-electron chi connectivity index (χ2n) is 7.08. The Morgan fingerprint density at radius 3 is 3.04 bits per heavy atom. The SMILES string of the molecule is C[C@H]1C[C@@H](NCCc2cc(F)cc3c2OCOC3)CN1C1CC1. The Balaban J connectivity index is 1.34. The van der Waals surface area contributed by atoms with Crippen molar-refractivity contribution in [2.24, 2.45) is 0 Å². The molecule has 2 fully saturated rings. The molecule has 2 heterocycles. The van der Waals surface area contributed by atoms with E-state index in [0.29, 0.717) is 18.7 Å². The maximum atomic E-state index is 13.7. The van der Waals surface area contributed by atoms with Crippen molar-refractivity contribution in [3.05, 3.63) is 29.1 Å². The van der Waals surface area contributed by atoms with E-state index in [-0.39, 0.29) is 12.6 Å². The van der Waals surface area contributed by atoms with Crippen LogP contribution in [0.3, 0.4) is 0 Å². The molecule has 1 saturated carbocycles. The topological polar surface area (TPSA) is 33.7 Å². The number of fused-ring (bicyclic) bond motifs is 1. The van der Waals surface area contributed by atoms with Crippen LogP contribution in [0.25, 0.3) is 0 Å². The van der Waals surface area contributed by atoms with Crippen molar-refractivity contribution in [1.29, 1.82) is 0 Å². The van der Waals surface area contributed by atoms with Gasteiger partial charge in [-0.1, -0.05) is 0 Å². The van der Waals surface area contributed by atoms with Gasteiger partial charge in [0.15, 0.2) is 6.79 Å². The summed E-state index contributed by atoms with van der Waals surface area (Å²) < 4.78 is 24.6. The summed E-state index contributed by atoms with van der Waals surface area (Å²) in [6.07, 6.45) is 4.73. The summed E-state index contributed by atoms with van der Waals surface area (Å²) in [6.45, 7) is 5.03. The number of hydrogen-bond donors (Lipinski definition) is 1. The van der Waals surface area contributed by atoms with E-state index in [1.54, 1.807) is 6.07 Å². The molecule has 1 aromatic carbocycles. The van der Waals surface area contributed by atoms with Crippen LogP contribution >= 0.6 is 0 Å². The third kappa shape index (κ3) is 3.37. The third-order valence-electron chi connectivity index (χ3n) is 5.22. The molecule has 1 N–H and O–H groups in total. The van der Waals surface area contributed by atoms with Gasteiger partial charge in [0.25, 0.3) is 0 Å². The summed E-state index contributed by atoms with van der Waals surface area (Å²) in [6, 6.07) is 5.18. The average Bonchev–Trinajstić information content (AvgIpc) is 3.31. The molecular formula is C18H25FN2O2. The number of hydrogen-bond acceptors (Lipinski definition) is 4. The highest BCUT2D eigenvalue weighted by atomic mass is 19.1. The molecule has 1 aliphatic carbocycles. The zero-order valence-corrected chi connectivity index (χ0v) is 13.7. The monoisotopic (exact) mass is 320 g/mol. The van der Waals surface area contributed by atoms with Gasteiger partial charge >= 0.3 is 0 Å². The number of likely N-dealkylation sites (tertiary alicyclic amines) is 1. The molecule has 0 aromatic heterocycles. The molecule has 2 aliphatic heterocycles. The van der Waals surface area contributed by atoms with E-state index < -0.39 is 0 Å². The summed E-state index contributed by atoms with van der Waals surface area (Å²) in [4.78, 5) is 2.64. The van der Waals surface area contributed by atoms with Crippen molar-refractivity contribution in [1.82, 2.24) is 10.2 Å². The lowest BCUT2D eigenvalue weighted by Crippen LogP contribution is -2.35. The second kappa shape index (κ2) is 6.38. The lowest BCUT2D eigenvalue weighted by atomic mass is 10.0. The minimum absolute atomic E-state index is 0.206. The Morgan fingerprint density at radius 1 is 1.35 bits per heavy atom. The van der Waals surface area contributed by atoms with Crippen LogP contribution in [-0.2, 0) is 17.8 Å². The molecular weight excluding hydrogens is 295 g/mol. The van der Waals surface area contributed by atoms with E-state index in [9.17, 15) is 4.39 Å². The van der Waals surface area contributed by atoms with E-state index in [1.807, 2.05) is 0 Å². The molecule has 0 radical (unpaired) electrons. The Labute approximate surface area is 136 Å². The summed E-state index contributed by atoms with van der Waals surface area (Å²) in [5.74, 6) is 0.612. The van der Waals surface area contributed by atoms with Crippen molar-refractivity contribution in [2.45, 2.75) is 57.3 Å². The van der Waals surface area contributed by atoms with Crippen LogP contribution in [0.4, 0.5) is 4.39 Å². The number of nitrogens with one attached hydrogen (secondary N) is 1. The highest BCUT2D eigenvalue weighted by Crippen LogP contribution is 2.33. The molecule has 1 aromatic rings. The molecule has 126 valence electrons. The van der Waals surface area contributed by atoms with Gasteiger partial charge in [-0.15, -0.1) is 0 Å². The van der Waals surface area contributed by atoms with Crippen molar-refractivity contribution >= 4 is 0 Å². The second-order valence-corrected chi connectivity index (χ2v) is 7.08. The first-order chi connectivity index (χ1) is 11.2. The van der Waals surface area contributed by atoms with Gasteiger partial charge in [-0.05, 0) is 56.8 Å². The maximum absolute atomic E-state index is 13.7. The van der Waals surface area contributed by atoms with Gasteiger partial charge in [-0.2, -0.15) is 0 Å². The Kier molecular flexibility index (Phi) is 4.26. The van der Waals surface area contributed by atoms with Crippen LogP contribution in [-0.4, -0.2) is 42.9 Å². The molecule has 0 amide bonds. The maximum Gasteiger partial charge on any atom is 0.189 e. The molecule has 2 atom stereocenters. The molecule has 1 saturated heterocycles.